The second-order valence-electron chi connectivity index (χ2n) is 6.59. The van der Waals surface area contributed by atoms with Crippen LogP contribution < -0.4 is 9.64 Å². The fraction of sp³-hybridized carbons (Fsp3) is 0.474. The monoisotopic (exact) mass is 325 g/mol. The van der Waals surface area contributed by atoms with Crippen molar-refractivity contribution >= 4 is 5.88 Å². The minimum atomic E-state index is 0.361. The van der Waals surface area contributed by atoms with Crippen molar-refractivity contribution in [3.05, 3.63) is 30.0 Å². The molecule has 5 nitrogen and oxygen atoms in total. The summed E-state index contributed by atoms with van der Waals surface area (Å²) in [5, 5.41) is 9.44. The van der Waals surface area contributed by atoms with Crippen molar-refractivity contribution in [2.75, 3.05) is 24.6 Å². The summed E-state index contributed by atoms with van der Waals surface area (Å²) in [4.78, 5) is 6.54. The molecule has 0 spiro atoms. The molecule has 0 radical (unpaired) electrons. The first-order valence-electron chi connectivity index (χ1n) is 8.49. The number of hydrogen-bond donors (Lipinski definition) is 0. The first-order valence-corrected chi connectivity index (χ1v) is 8.49. The van der Waals surface area contributed by atoms with Crippen molar-refractivity contribution in [1.82, 2.24) is 4.98 Å². The Labute approximate surface area is 142 Å². The van der Waals surface area contributed by atoms with E-state index in [4.69, 9.17) is 9.15 Å². The molecule has 0 aliphatic carbocycles. The Balaban J connectivity index is 1.88. The third kappa shape index (κ3) is 3.38. The molecule has 2 atom stereocenters. The van der Waals surface area contributed by atoms with Crippen LogP contribution in [0.2, 0.25) is 0 Å². The number of nitriles is 1. The maximum atomic E-state index is 9.44. The number of anilines is 1. The molecular weight excluding hydrogens is 302 g/mol. The third-order valence-electron chi connectivity index (χ3n) is 4.28. The predicted molar refractivity (Wildman–Crippen MR) is 93.0 cm³/mol. The number of ether oxygens (including phenoxy) is 1. The van der Waals surface area contributed by atoms with Gasteiger partial charge in [-0.1, -0.05) is 13.8 Å². The van der Waals surface area contributed by atoms with Gasteiger partial charge in [0.2, 0.25) is 17.5 Å². The molecule has 0 bridgehead atoms. The molecular formula is C19H23N3O2. The molecule has 126 valence electrons. The summed E-state index contributed by atoms with van der Waals surface area (Å²) in [6.07, 6.45) is 1.21. The second kappa shape index (κ2) is 6.96. The molecule has 24 heavy (non-hydrogen) atoms. The summed E-state index contributed by atoms with van der Waals surface area (Å²) in [6, 6.07) is 9.76. The van der Waals surface area contributed by atoms with Gasteiger partial charge < -0.3 is 14.1 Å². The molecule has 0 amide bonds. The lowest BCUT2D eigenvalue weighted by atomic mass is 9.92. The lowest BCUT2D eigenvalue weighted by Gasteiger charge is -2.34. The van der Waals surface area contributed by atoms with Crippen LogP contribution in [0.15, 0.2) is 28.7 Å². The van der Waals surface area contributed by atoms with Gasteiger partial charge in [-0.3, -0.25) is 0 Å². The molecule has 0 N–H and O–H groups in total. The smallest absolute Gasteiger partial charge is 0.235 e. The molecule has 1 aromatic heterocycles. The topological polar surface area (TPSA) is 62.3 Å². The Kier molecular flexibility index (Phi) is 4.75. The maximum Gasteiger partial charge on any atom is 0.235 e. The average molecular weight is 325 g/mol. The number of rotatable bonds is 4. The molecule has 0 saturated carbocycles. The summed E-state index contributed by atoms with van der Waals surface area (Å²) >= 11 is 0. The quantitative estimate of drug-likeness (QED) is 0.847. The zero-order chi connectivity index (χ0) is 17.1. The van der Waals surface area contributed by atoms with Gasteiger partial charge in [0.15, 0.2) is 0 Å². The van der Waals surface area contributed by atoms with Crippen LogP contribution in [0.4, 0.5) is 5.88 Å². The van der Waals surface area contributed by atoms with Crippen LogP contribution in [-0.4, -0.2) is 24.7 Å². The number of nitrogens with zero attached hydrogens (tertiary/aromatic N) is 3. The Bertz CT molecular complexity index is 720. The van der Waals surface area contributed by atoms with Crippen LogP contribution in [0.3, 0.4) is 0 Å². The summed E-state index contributed by atoms with van der Waals surface area (Å²) in [5.74, 6) is 3.06. The zero-order valence-electron chi connectivity index (χ0n) is 14.5. The Morgan fingerprint density at radius 3 is 2.50 bits per heavy atom. The van der Waals surface area contributed by atoms with E-state index in [-0.39, 0.29) is 0 Å². The molecule has 1 aromatic carbocycles. The molecule has 2 heterocycles. The Morgan fingerprint density at radius 2 is 1.92 bits per heavy atom. The van der Waals surface area contributed by atoms with Crippen LogP contribution in [0, 0.1) is 23.2 Å². The van der Waals surface area contributed by atoms with E-state index in [1.165, 1.54) is 6.42 Å². The van der Waals surface area contributed by atoms with Crippen LogP contribution in [0.25, 0.3) is 11.5 Å². The van der Waals surface area contributed by atoms with Crippen LogP contribution in [0.5, 0.6) is 5.75 Å². The van der Waals surface area contributed by atoms with Gasteiger partial charge in [0.25, 0.3) is 0 Å². The number of benzene rings is 1. The van der Waals surface area contributed by atoms with Gasteiger partial charge in [0.1, 0.15) is 11.8 Å². The minimum Gasteiger partial charge on any atom is -0.494 e. The number of aromatic nitrogens is 1. The first kappa shape index (κ1) is 16.4. The van der Waals surface area contributed by atoms with Crippen molar-refractivity contribution in [1.29, 1.82) is 5.26 Å². The van der Waals surface area contributed by atoms with Gasteiger partial charge in [-0.15, -0.1) is 0 Å². The van der Waals surface area contributed by atoms with E-state index in [1.807, 2.05) is 31.2 Å². The standard InChI is InChI=1S/C19H23N3O2/c1-4-23-16-7-5-15(6-8-16)18-21-17(10-20)19(24-18)22-11-13(2)9-14(3)12-22/h5-8,13-14H,4,9,11-12H2,1-3H3/t13-,14-/m1/s1. The highest BCUT2D eigenvalue weighted by atomic mass is 16.5. The molecule has 2 aromatic rings. The highest BCUT2D eigenvalue weighted by molar-refractivity contribution is 5.60. The SMILES string of the molecule is CCOc1ccc(-c2nc(C#N)c(N3C[C@H](C)C[C@@H](C)C3)o2)cc1. The van der Waals surface area contributed by atoms with Gasteiger partial charge in [-0.2, -0.15) is 10.2 Å². The highest BCUT2D eigenvalue weighted by Gasteiger charge is 2.27. The number of oxazole rings is 1. The average Bonchev–Trinajstić information content (AvgIpc) is 2.99. The van der Waals surface area contributed by atoms with E-state index in [2.05, 4.69) is 29.8 Å². The Hall–Kier alpha value is -2.48. The van der Waals surface area contributed by atoms with Gasteiger partial charge in [-0.05, 0) is 49.4 Å². The largest absolute Gasteiger partial charge is 0.494 e. The maximum absolute atomic E-state index is 9.44. The Morgan fingerprint density at radius 1 is 1.25 bits per heavy atom. The second-order valence-corrected chi connectivity index (χ2v) is 6.59. The summed E-state index contributed by atoms with van der Waals surface area (Å²) < 4.78 is 11.4. The van der Waals surface area contributed by atoms with Crippen LogP contribution in [0.1, 0.15) is 32.9 Å². The molecule has 1 aliphatic rings. The highest BCUT2D eigenvalue weighted by Crippen LogP contribution is 2.32. The third-order valence-corrected chi connectivity index (χ3v) is 4.28. The lowest BCUT2D eigenvalue weighted by Crippen LogP contribution is -2.38. The zero-order valence-corrected chi connectivity index (χ0v) is 14.5. The van der Waals surface area contributed by atoms with Gasteiger partial charge in [-0.25, -0.2) is 0 Å². The fourth-order valence-electron chi connectivity index (χ4n) is 3.41. The van der Waals surface area contributed by atoms with Crippen LogP contribution in [-0.2, 0) is 0 Å². The van der Waals surface area contributed by atoms with Crippen LogP contribution >= 0.6 is 0 Å². The molecule has 3 rings (SSSR count). The predicted octanol–water partition coefficient (Wildman–Crippen LogP) is 4.09. The fourth-order valence-corrected chi connectivity index (χ4v) is 3.41. The van der Waals surface area contributed by atoms with E-state index in [0.717, 1.165) is 24.4 Å². The summed E-state index contributed by atoms with van der Waals surface area (Å²) in [7, 11) is 0. The van der Waals surface area contributed by atoms with Crippen molar-refractivity contribution in [2.45, 2.75) is 27.2 Å². The number of piperidine rings is 1. The normalized spacial score (nSPS) is 20.7. The minimum absolute atomic E-state index is 0.361. The van der Waals surface area contributed by atoms with Gasteiger partial charge >= 0.3 is 0 Å². The molecule has 5 heteroatoms. The van der Waals surface area contributed by atoms with E-state index in [1.54, 1.807) is 0 Å². The lowest BCUT2D eigenvalue weighted by molar-refractivity contribution is 0.340. The molecule has 1 saturated heterocycles. The van der Waals surface area contributed by atoms with Gasteiger partial charge in [0.05, 0.1) is 6.61 Å². The van der Waals surface area contributed by atoms with Crippen molar-refractivity contribution in [3.8, 4) is 23.3 Å². The summed E-state index contributed by atoms with van der Waals surface area (Å²) in [5.41, 5.74) is 1.21. The van der Waals surface area contributed by atoms with E-state index >= 15 is 0 Å². The van der Waals surface area contributed by atoms with E-state index in [0.29, 0.717) is 35.9 Å². The van der Waals surface area contributed by atoms with E-state index < -0.39 is 0 Å². The molecule has 1 fully saturated rings. The van der Waals surface area contributed by atoms with Crippen molar-refractivity contribution < 1.29 is 9.15 Å². The first-order chi connectivity index (χ1) is 11.6. The van der Waals surface area contributed by atoms with Crippen molar-refractivity contribution in [3.63, 3.8) is 0 Å². The molecule has 1 aliphatic heterocycles. The summed E-state index contributed by atoms with van der Waals surface area (Å²) in [6.45, 7) is 8.85. The molecule has 0 unspecified atom stereocenters. The van der Waals surface area contributed by atoms with Gasteiger partial charge in [0, 0.05) is 18.7 Å². The van der Waals surface area contributed by atoms with Crippen molar-refractivity contribution in [2.24, 2.45) is 11.8 Å². The number of hydrogen-bond acceptors (Lipinski definition) is 5. The van der Waals surface area contributed by atoms with E-state index in [9.17, 15) is 5.26 Å².